The van der Waals surface area contributed by atoms with Gasteiger partial charge in [0.25, 0.3) is 0 Å². The Morgan fingerprint density at radius 2 is 2.11 bits per heavy atom. The van der Waals surface area contributed by atoms with Gasteiger partial charge in [-0.15, -0.1) is 0 Å². The van der Waals surface area contributed by atoms with E-state index in [1.807, 2.05) is 0 Å². The maximum Gasteiger partial charge on any atom is 0.0252 e. The molecule has 3 heteroatoms. The smallest absolute Gasteiger partial charge is 0.0252 e. The van der Waals surface area contributed by atoms with Crippen molar-refractivity contribution in [2.24, 2.45) is 11.7 Å². The molecule has 1 saturated carbocycles. The summed E-state index contributed by atoms with van der Waals surface area (Å²) in [4.78, 5) is 2.68. The van der Waals surface area contributed by atoms with Gasteiger partial charge in [-0.05, 0) is 41.1 Å². The summed E-state index contributed by atoms with van der Waals surface area (Å²) in [5, 5.41) is 4.45. The molecule has 0 bridgehead atoms. The molecule has 1 atom stereocenters. The number of hydrogen-bond acceptors (Lipinski definition) is 3. The van der Waals surface area contributed by atoms with E-state index in [0.717, 1.165) is 25.0 Å². The summed E-state index contributed by atoms with van der Waals surface area (Å²) in [5.74, 6) is 0.745. The van der Waals surface area contributed by atoms with Crippen molar-refractivity contribution in [2.75, 3.05) is 6.54 Å². The van der Waals surface area contributed by atoms with E-state index in [2.05, 4.69) is 35.6 Å². The molecule has 0 radical (unpaired) electrons. The third-order valence-electron chi connectivity index (χ3n) is 4.22. The van der Waals surface area contributed by atoms with Gasteiger partial charge in [0.05, 0.1) is 0 Å². The Hall–Kier alpha value is -0.380. The first-order valence-electron chi connectivity index (χ1n) is 7.27. The summed E-state index contributed by atoms with van der Waals surface area (Å²) in [6.45, 7) is 6.48. The minimum atomic E-state index is 0.562. The van der Waals surface area contributed by atoms with Gasteiger partial charge in [0, 0.05) is 25.2 Å². The summed E-state index contributed by atoms with van der Waals surface area (Å²) >= 11 is 1.80. The van der Waals surface area contributed by atoms with Gasteiger partial charge in [0.1, 0.15) is 0 Å². The zero-order chi connectivity index (χ0) is 13.0. The highest BCUT2D eigenvalue weighted by atomic mass is 32.1. The molecule has 1 aliphatic carbocycles. The lowest BCUT2D eigenvalue weighted by Gasteiger charge is -2.36. The van der Waals surface area contributed by atoms with Gasteiger partial charge < -0.3 is 5.73 Å². The van der Waals surface area contributed by atoms with Crippen LogP contribution in [0.5, 0.6) is 0 Å². The minimum absolute atomic E-state index is 0.562. The Bertz CT molecular complexity index is 328. The number of hydrogen-bond donors (Lipinski definition) is 1. The molecule has 0 aliphatic heterocycles. The number of rotatable bonds is 8. The molecule has 1 aromatic heterocycles. The predicted octanol–water partition coefficient (Wildman–Crippen LogP) is 3.48. The van der Waals surface area contributed by atoms with Crippen molar-refractivity contribution in [3.05, 3.63) is 22.4 Å². The monoisotopic (exact) mass is 266 g/mol. The van der Waals surface area contributed by atoms with E-state index < -0.39 is 0 Å². The van der Waals surface area contributed by atoms with Crippen LogP contribution in [0, 0.1) is 5.92 Å². The molecule has 1 aliphatic rings. The number of nitrogens with zero attached hydrogens (tertiary/aromatic N) is 1. The van der Waals surface area contributed by atoms with E-state index in [0.29, 0.717) is 6.04 Å². The topological polar surface area (TPSA) is 29.3 Å². The van der Waals surface area contributed by atoms with Crippen LogP contribution >= 0.6 is 11.3 Å². The molecule has 18 heavy (non-hydrogen) atoms. The summed E-state index contributed by atoms with van der Waals surface area (Å²) in [6.07, 6.45) is 5.21. The van der Waals surface area contributed by atoms with Crippen molar-refractivity contribution in [1.82, 2.24) is 4.90 Å². The van der Waals surface area contributed by atoms with Crippen molar-refractivity contribution in [3.8, 4) is 0 Å². The second-order valence-corrected chi connectivity index (χ2v) is 6.19. The normalized spacial score (nSPS) is 17.6. The number of thiophene rings is 1. The van der Waals surface area contributed by atoms with Gasteiger partial charge in [-0.25, -0.2) is 0 Å². The Kier molecular flexibility index (Phi) is 5.22. The average molecular weight is 266 g/mol. The fraction of sp³-hybridized carbons (Fsp3) is 0.733. The van der Waals surface area contributed by atoms with E-state index in [-0.39, 0.29) is 0 Å². The Labute approximate surface area is 115 Å². The van der Waals surface area contributed by atoms with Crippen LogP contribution in [0.1, 0.15) is 45.1 Å². The molecular weight excluding hydrogens is 240 g/mol. The maximum atomic E-state index is 6.08. The molecule has 0 amide bonds. The average Bonchev–Trinajstić information content (AvgIpc) is 3.11. The molecular formula is C15H26N2S. The Morgan fingerprint density at radius 3 is 2.56 bits per heavy atom. The third kappa shape index (κ3) is 3.34. The van der Waals surface area contributed by atoms with E-state index in [9.17, 15) is 0 Å². The van der Waals surface area contributed by atoms with Crippen molar-refractivity contribution in [1.29, 1.82) is 0 Å². The first-order chi connectivity index (χ1) is 8.80. The van der Waals surface area contributed by atoms with Crippen LogP contribution in [0.3, 0.4) is 0 Å². The molecule has 0 aromatic carbocycles. The Balaban J connectivity index is 2.07. The van der Waals surface area contributed by atoms with Crippen LogP contribution in [0.4, 0.5) is 0 Å². The molecule has 1 fully saturated rings. The molecule has 102 valence electrons. The van der Waals surface area contributed by atoms with E-state index >= 15 is 0 Å². The van der Waals surface area contributed by atoms with Crippen molar-refractivity contribution in [2.45, 2.75) is 58.2 Å². The fourth-order valence-electron chi connectivity index (χ4n) is 2.95. The lowest BCUT2D eigenvalue weighted by atomic mass is 9.92. The molecule has 2 rings (SSSR count). The second-order valence-electron chi connectivity index (χ2n) is 5.41. The van der Waals surface area contributed by atoms with E-state index in [1.54, 1.807) is 11.3 Å². The second kappa shape index (κ2) is 6.69. The van der Waals surface area contributed by atoms with Gasteiger partial charge in [-0.2, -0.15) is 11.3 Å². The zero-order valence-electron chi connectivity index (χ0n) is 11.6. The van der Waals surface area contributed by atoms with Gasteiger partial charge in [-0.1, -0.05) is 26.7 Å². The highest BCUT2D eigenvalue weighted by molar-refractivity contribution is 7.07. The summed E-state index contributed by atoms with van der Waals surface area (Å²) in [5.41, 5.74) is 7.54. The van der Waals surface area contributed by atoms with Crippen molar-refractivity contribution in [3.63, 3.8) is 0 Å². The molecule has 2 nitrogen and oxygen atoms in total. The summed E-state index contributed by atoms with van der Waals surface area (Å²) < 4.78 is 0. The van der Waals surface area contributed by atoms with Crippen LogP contribution < -0.4 is 5.73 Å². The van der Waals surface area contributed by atoms with Gasteiger partial charge in [0.2, 0.25) is 0 Å². The zero-order valence-corrected chi connectivity index (χ0v) is 12.5. The fourth-order valence-corrected chi connectivity index (χ4v) is 3.61. The van der Waals surface area contributed by atoms with Crippen LogP contribution in [0.15, 0.2) is 16.8 Å². The van der Waals surface area contributed by atoms with Crippen LogP contribution in [-0.2, 0) is 6.54 Å². The quantitative estimate of drug-likeness (QED) is 0.780. The third-order valence-corrected chi connectivity index (χ3v) is 4.95. The van der Waals surface area contributed by atoms with Crippen molar-refractivity contribution < 1.29 is 0 Å². The molecule has 0 spiro atoms. The van der Waals surface area contributed by atoms with Crippen LogP contribution in [-0.4, -0.2) is 23.5 Å². The highest BCUT2D eigenvalue weighted by Gasteiger charge is 2.35. The molecule has 1 heterocycles. The number of nitrogens with two attached hydrogens (primary N) is 1. The first kappa shape index (κ1) is 14.0. The summed E-state index contributed by atoms with van der Waals surface area (Å²) in [6, 6.07) is 3.60. The van der Waals surface area contributed by atoms with Crippen LogP contribution in [0.25, 0.3) is 0 Å². The molecule has 1 aromatic rings. The Morgan fingerprint density at radius 1 is 1.39 bits per heavy atom. The molecule has 2 N–H and O–H groups in total. The maximum absolute atomic E-state index is 6.08. The van der Waals surface area contributed by atoms with Gasteiger partial charge in [0.15, 0.2) is 0 Å². The predicted molar refractivity (Wildman–Crippen MR) is 79.8 cm³/mol. The highest BCUT2D eigenvalue weighted by Crippen LogP contribution is 2.33. The standard InChI is InChI=1S/C15H26N2S/c1-3-13(4-2)15(9-16)17(14-5-6-14)10-12-7-8-18-11-12/h7-8,11,13-15H,3-6,9-10,16H2,1-2H3. The summed E-state index contributed by atoms with van der Waals surface area (Å²) in [7, 11) is 0. The minimum Gasteiger partial charge on any atom is -0.329 e. The molecule has 1 unspecified atom stereocenters. The van der Waals surface area contributed by atoms with E-state index in [1.165, 1.54) is 31.2 Å². The lowest BCUT2D eigenvalue weighted by molar-refractivity contribution is 0.123. The van der Waals surface area contributed by atoms with Gasteiger partial charge in [-0.3, -0.25) is 4.90 Å². The van der Waals surface area contributed by atoms with E-state index in [4.69, 9.17) is 5.73 Å². The van der Waals surface area contributed by atoms with Crippen molar-refractivity contribution >= 4 is 11.3 Å². The molecule has 0 saturated heterocycles. The SMILES string of the molecule is CCC(CC)C(CN)N(Cc1ccsc1)C1CC1. The first-order valence-corrected chi connectivity index (χ1v) is 8.21. The van der Waals surface area contributed by atoms with Crippen LogP contribution in [0.2, 0.25) is 0 Å². The lowest BCUT2D eigenvalue weighted by Crippen LogP contribution is -2.46. The van der Waals surface area contributed by atoms with Gasteiger partial charge >= 0.3 is 0 Å². The largest absolute Gasteiger partial charge is 0.329 e.